The monoisotopic (exact) mass is 371 g/mol. The third-order valence-electron chi connectivity index (χ3n) is 6.09. The molecule has 1 heterocycles. The Hall–Kier alpha value is -1.81. The van der Waals surface area contributed by atoms with Gasteiger partial charge in [0.2, 0.25) is 5.91 Å². The van der Waals surface area contributed by atoms with Crippen LogP contribution in [0.5, 0.6) is 0 Å². The molecule has 0 saturated carbocycles. The van der Waals surface area contributed by atoms with E-state index in [2.05, 4.69) is 30.2 Å². The molecule has 0 spiro atoms. The number of aromatic nitrogens is 2. The summed E-state index contributed by atoms with van der Waals surface area (Å²) in [5.41, 5.74) is 7.88. The maximum atomic E-state index is 12.6. The molecule has 138 valence electrons. The zero-order valence-corrected chi connectivity index (χ0v) is 16.4. The molecule has 4 rings (SSSR count). The van der Waals surface area contributed by atoms with Crippen LogP contribution in [0.4, 0.5) is 0 Å². The molecule has 1 unspecified atom stereocenters. The Kier molecular flexibility index (Phi) is 4.78. The van der Waals surface area contributed by atoms with Gasteiger partial charge in [0.1, 0.15) is 5.88 Å². The summed E-state index contributed by atoms with van der Waals surface area (Å²) in [4.78, 5) is 14.6. The minimum Gasteiger partial charge on any atom is -0.334 e. The van der Waals surface area contributed by atoms with Crippen LogP contribution < -0.4 is 0 Å². The van der Waals surface area contributed by atoms with Crippen molar-refractivity contribution in [2.75, 3.05) is 5.88 Å². The lowest BCUT2D eigenvalue weighted by atomic mass is 9.90. The Morgan fingerprint density at radius 3 is 2.92 bits per heavy atom. The molecule has 1 aromatic heterocycles. The van der Waals surface area contributed by atoms with Crippen LogP contribution in [0.15, 0.2) is 18.2 Å². The van der Waals surface area contributed by atoms with Crippen molar-refractivity contribution in [1.82, 2.24) is 14.7 Å². The molecular formula is C21H26ClN3O. The van der Waals surface area contributed by atoms with E-state index in [4.69, 9.17) is 11.6 Å². The van der Waals surface area contributed by atoms with Gasteiger partial charge in [-0.25, -0.2) is 0 Å². The van der Waals surface area contributed by atoms with Crippen LogP contribution in [0, 0.1) is 6.92 Å². The minimum atomic E-state index is 0.0215. The Balaban J connectivity index is 1.57. The van der Waals surface area contributed by atoms with Crippen molar-refractivity contribution < 1.29 is 4.79 Å². The number of carbonyl (C=O) groups is 1. The van der Waals surface area contributed by atoms with Gasteiger partial charge in [0.15, 0.2) is 0 Å². The summed E-state index contributed by atoms with van der Waals surface area (Å²) in [6, 6.07) is 6.88. The Morgan fingerprint density at radius 1 is 1.31 bits per heavy atom. The average Bonchev–Trinajstić information content (AvgIpc) is 3.23. The minimum absolute atomic E-state index is 0.0215. The maximum absolute atomic E-state index is 12.6. The van der Waals surface area contributed by atoms with Gasteiger partial charge in [-0.2, -0.15) is 5.10 Å². The van der Waals surface area contributed by atoms with Crippen molar-refractivity contribution >= 4 is 17.5 Å². The molecule has 2 aliphatic rings. The van der Waals surface area contributed by atoms with Gasteiger partial charge in [-0.15, -0.1) is 11.6 Å². The van der Waals surface area contributed by atoms with Crippen LogP contribution in [0.2, 0.25) is 0 Å². The fourth-order valence-corrected chi connectivity index (χ4v) is 4.68. The molecule has 5 heteroatoms. The molecule has 0 aliphatic heterocycles. The van der Waals surface area contributed by atoms with E-state index in [0.717, 1.165) is 31.4 Å². The first-order valence-corrected chi connectivity index (χ1v) is 10.1. The Labute approximate surface area is 160 Å². The number of hydrogen-bond donors (Lipinski definition) is 0. The van der Waals surface area contributed by atoms with E-state index in [1.807, 2.05) is 16.6 Å². The molecule has 2 aromatic rings. The highest BCUT2D eigenvalue weighted by Crippen LogP contribution is 2.28. The van der Waals surface area contributed by atoms with Gasteiger partial charge in [-0.1, -0.05) is 18.2 Å². The summed E-state index contributed by atoms with van der Waals surface area (Å²) in [5.74, 6) is 0.0588. The van der Waals surface area contributed by atoms with Crippen LogP contribution in [0.25, 0.3) is 0 Å². The first-order chi connectivity index (χ1) is 12.6. The van der Waals surface area contributed by atoms with Crippen molar-refractivity contribution in [1.29, 1.82) is 0 Å². The van der Waals surface area contributed by atoms with Gasteiger partial charge in [0.25, 0.3) is 0 Å². The van der Waals surface area contributed by atoms with Crippen LogP contribution in [-0.2, 0) is 44.1 Å². The summed E-state index contributed by atoms with van der Waals surface area (Å²) >= 11 is 5.94. The highest BCUT2D eigenvalue weighted by molar-refractivity contribution is 6.27. The molecular weight excluding hydrogens is 346 g/mol. The summed E-state index contributed by atoms with van der Waals surface area (Å²) in [7, 11) is 1.99. The van der Waals surface area contributed by atoms with Gasteiger partial charge in [-0.3, -0.25) is 9.48 Å². The van der Waals surface area contributed by atoms with Gasteiger partial charge >= 0.3 is 0 Å². The quantitative estimate of drug-likeness (QED) is 0.773. The molecule has 0 N–H and O–H groups in total. The number of alkyl halides is 1. The molecule has 0 radical (unpaired) electrons. The third kappa shape index (κ3) is 3.16. The number of aryl methyl sites for hydroxylation is 3. The molecule has 0 fully saturated rings. The van der Waals surface area contributed by atoms with E-state index in [1.165, 1.54) is 40.8 Å². The topological polar surface area (TPSA) is 38.1 Å². The van der Waals surface area contributed by atoms with Gasteiger partial charge in [-0.05, 0) is 61.3 Å². The molecule has 1 amide bonds. The lowest BCUT2D eigenvalue weighted by molar-refractivity contribution is -0.131. The van der Waals surface area contributed by atoms with Crippen molar-refractivity contribution in [2.45, 2.75) is 58.0 Å². The van der Waals surface area contributed by atoms with E-state index < -0.39 is 0 Å². The fourth-order valence-electron chi connectivity index (χ4n) is 4.53. The summed E-state index contributed by atoms with van der Waals surface area (Å²) in [6.45, 7) is 2.77. The number of rotatable bonds is 4. The molecule has 4 nitrogen and oxygen atoms in total. The Bertz CT molecular complexity index is 842. The standard InChI is InChI=1S/C21H26ClN3O/c1-14-19-9-8-18(11-20(19)23-24(14)2)25(21(26)12-22)13-15-6-7-16-4-3-5-17(16)10-15/h6-7,10,18H,3-5,8-9,11-13H2,1-2H3. The SMILES string of the molecule is Cc1c2c(nn1C)CC(N(Cc1ccc3c(c1)CCC3)C(=O)CCl)CC2. The van der Waals surface area contributed by atoms with E-state index in [1.54, 1.807) is 0 Å². The van der Waals surface area contributed by atoms with Gasteiger partial charge in [0, 0.05) is 31.7 Å². The van der Waals surface area contributed by atoms with E-state index >= 15 is 0 Å². The summed E-state index contributed by atoms with van der Waals surface area (Å²) in [6.07, 6.45) is 6.37. The first-order valence-electron chi connectivity index (χ1n) is 9.54. The highest BCUT2D eigenvalue weighted by atomic mass is 35.5. The smallest absolute Gasteiger partial charge is 0.238 e. The lowest BCUT2D eigenvalue weighted by Crippen LogP contribution is -2.43. The van der Waals surface area contributed by atoms with Crippen LogP contribution >= 0.6 is 11.6 Å². The number of benzene rings is 1. The number of halogens is 1. The first kappa shape index (κ1) is 17.6. The zero-order chi connectivity index (χ0) is 18.3. The highest BCUT2D eigenvalue weighted by Gasteiger charge is 2.30. The predicted octanol–water partition coefficient (Wildman–Crippen LogP) is 3.34. The number of fused-ring (bicyclic) bond motifs is 2. The van der Waals surface area contributed by atoms with E-state index in [9.17, 15) is 4.79 Å². The number of carbonyl (C=O) groups excluding carboxylic acids is 1. The fraction of sp³-hybridized carbons (Fsp3) is 0.524. The lowest BCUT2D eigenvalue weighted by Gasteiger charge is -2.34. The molecule has 1 atom stereocenters. The normalized spacial score (nSPS) is 18.5. The summed E-state index contributed by atoms with van der Waals surface area (Å²) in [5, 5.41) is 4.67. The molecule has 2 aliphatic carbocycles. The number of amides is 1. The second kappa shape index (κ2) is 7.07. The molecule has 1 aromatic carbocycles. The average molecular weight is 372 g/mol. The zero-order valence-electron chi connectivity index (χ0n) is 15.6. The molecule has 0 saturated heterocycles. The summed E-state index contributed by atoms with van der Waals surface area (Å²) < 4.78 is 1.96. The van der Waals surface area contributed by atoms with E-state index in [-0.39, 0.29) is 17.8 Å². The Morgan fingerprint density at radius 2 is 2.12 bits per heavy atom. The van der Waals surface area contributed by atoms with Gasteiger partial charge in [0.05, 0.1) is 5.69 Å². The molecule has 26 heavy (non-hydrogen) atoms. The van der Waals surface area contributed by atoms with Crippen molar-refractivity contribution in [3.05, 3.63) is 51.8 Å². The second-order valence-corrected chi connectivity index (χ2v) is 7.91. The second-order valence-electron chi connectivity index (χ2n) is 7.64. The maximum Gasteiger partial charge on any atom is 0.238 e. The van der Waals surface area contributed by atoms with Crippen LogP contribution in [0.3, 0.4) is 0 Å². The van der Waals surface area contributed by atoms with Crippen LogP contribution in [0.1, 0.15) is 46.5 Å². The van der Waals surface area contributed by atoms with E-state index in [0.29, 0.717) is 6.54 Å². The number of hydrogen-bond acceptors (Lipinski definition) is 2. The van der Waals surface area contributed by atoms with Crippen molar-refractivity contribution in [2.24, 2.45) is 7.05 Å². The number of nitrogens with zero attached hydrogens (tertiary/aromatic N) is 3. The van der Waals surface area contributed by atoms with Crippen molar-refractivity contribution in [3.8, 4) is 0 Å². The van der Waals surface area contributed by atoms with Gasteiger partial charge < -0.3 is 4.90 Å². The largest absolute Gasteiger partial charge is 0.334 e. The van der Waals surface area contributed by atoms with Crippen LogP contribution in [-0.4, -0.2) is 32.5 Å². The van der Waals surface area contributed by atoms with Crippen molar-refractivity contribution in [3.63, 3.8) is 0 Å². The third-order valence-corrected chi connectivity index (χ3v) is 6.32. The predicted molar refractivity (Wildman–Crippen MR) is 103 cm³/mol. The molecule has 0 bridgehead atoms.